The van der Waals surface area contributed by atoms with Crippen LogP contribution in [0.25, 0.3) is 11.5 Å². The third-order valence-corrected chi connectivity index (χ3v) is 6.28. The Kier molecular flexibility index (Phi) is 6.95. The van der Waals surface area contributed by atoms with Crippen LogP contribution in [0.2, 0.25) is 5.02 Å². The minimum atomic E-state index is -3.67. The number of sulfone groups is 1. The van der Waals surface area contributed by atoms with Crippen LogP contribution in [0.15, 0.2) is 52.9 Å². The molecular formula is C22H22ClNO5S. The van der Waals surface area contributed by atoms with Crippen molar-refractivity contribution in [2.45, 2.75) is 25.5 Å². The van der Waals surface area contributed by atoms with Crippen molar-refractivity contribution in [3.63, 3.8) is 0 Å². The molecule has 0 spiro atoms. The Bertz CT molecular complexity index is 1140. The normalized spacial score (nSPS) is 11.4. The quantitative estimate of drug-likeness (QED) is 0.482. The van der Waals surface area contributed by atoms with Crippen molar-refractivity contribution in [3.05, 3.63) is 70.6 Å². The lowest BCUT2D eigenvalue weighted by Gasteiger charge is -2.04. The number of ether oxygens (including phenoxy) is 1. The lowest BCUT2D eigenvalue weighted by Crippen LogP contribution is -2.18. The van der Waals surface area contributed by atoms with E-state index in [1.165, 1.54) is 0 Å². The van der Waals surface area contributed by atoms with E-state index in [1.807, 2.05) is 12.1 Å². The van der Waals surface area contributed by atoms with Gasteiger partial charge in [-0.25, -0.2) is 13.4 Å². The van der Waals surface area contributed by atoms with Crippen LogP contribution >= 0.6 is 11.6 Å². The molecule has 0 saturated heterocycles. The lowest BCUT2D eigenvalue weighted by molar-refractivity contribution is -0.116. The first kappa shape index (κ1) is 22.1. The monoisotopic (exact) mass is 447 g/mol. The van der Waals surface area contributed by atoms with Gasteiger partial charge in [0, 0.05) is 17.0 Å². The molecule has 0 amide bonds. The fourth-order valence-corrected chi connectivity index (χ4v) is 4.50. The molecule has 0 aliphatic heterocycles. The summed E-state index contributed by atoms with van der Waals surface area (Å²) in [5.41, 5.74) is 1.92. The van der Waals surface area contributed by atoms with Crippen LogP contribution in [0, 0.1) is 6.92 Å². The van der Waals surface area contributed by atoms with E-state index in [0.717, 1.165) is 5.56 Å². The predicted octanol–water partition coefficient (Wildman–Crippen LogP) is 4.43. The standard InChI is InChI=1S/C22H22ClNO5S/c1-15-21(24-22(29-15)17-4-3-5-20(12-17)28-2)14-30(26,27)13-19(25)11-8-16-6-9-18(23)10-7-16/h3-7,9-10,12H,8,11,13-14H2,1-2H3. The van der Waals surface area contributed by atoms with E-state index in [9.17, 15) is 13.2 Å². The number of rotatable bonds is 9. The number of oxazole rings is 1. The van der Waals surface area contributed by atoms with Gasteiger partial charge in [-0.1, -0.05) is 29.8 Å². The zero-order chi connectivity index (χ0) is 21.7. The number of hydrogen-bond acceptors (Lipinski definition) is 6. The van der Waals surface area contributed by atoms with E-state index < -0.39 is 15.6 Å². The molecule has 30 heavy (non-hydrogen) atoms. The van der Waals surface area contributed by atoms with Gasteiger partial charge < -0.3 is 9.15 Å². The fraction of sp³-hybridized carbons (Fsp3) is 0.273. The summed E-state index contributed by atoms with van der Waals surface area (Å²) >= 11 is 5.84. The van der Waals surface area contributed by atoms with Gasteiger partial charge in [-0.05, 0) is 49.2 Å². The maximum atomic E-state index is 12.5. The van der Waals surface area contributed by atoms with Crippen LogP contribution in [-0.2, 0) is 26.8 Å². The number of halogens is 1. The van der Waals surface area contributed by atoms with E-state index in [1.54, 1.807) is 50.4 Å². The second-order valence-corrected chi connectivity index (χ2v) is 9.45. The van der Waals surface area contributed by atoms with Crippen LogP contribution in [0.3, 0.4) is 0 Å². The van der Waals surface area contributed by atoms with Gasteiger partial charge in [0.15, 0.2) is 9.84 Å². The van der Waals surface area contributed by atoms with Crippen molar-refractivity contribution in [3.8, 4) is 17.2 Å². The fourth-order valence-electron chi connectivity index (χ4n) is 2.95. The molecule has 0 aliphatic carbocycles. The summed E-state index contributed by atoms with van der Waals surface area (Å²) in [6.45, 7) is 1.66. The van der Waals surface area contributed by atoms with Crippen LogP contribution in [-0.4, -0.2) is 32.0 Å². The van der Waals surface area contributed by atoms with Gasteiger partial charge in [-0.15, -0.1) is 0 Å². The van der Waals surface area contributed by atoms with Crippen molar-refractivity contribution in [1.29, 1.82) is 0 Å². The topological polar surface area (TPSA) is 86.5 Å². The highest BCUT2D eigenvalue weighted by molar-refractivity contribution is 7.91. The highest BCUT2D eigenvalue weighted by Gasteiger charge is 2.22. The van der Waals surface area contributed by atoms with Crippen LogP contribution in [0.4, 0.5) is 0 Å². The summed E-state index contributed by atoms with van der Waals surface area (Å²) in [5.74, 6) is 0.152. The highest BCUT2D eigenvalue weighted by Crippen LogP contribution is 2.26. The summed E-state index contributed by atoms with van der Waals surface area (Å²) in [4.78, 5) is 16.5. The summed E-state index contributed by atoms with van der Waals surface area (Å²) in [6, 6.07) is 14.3. The average molecular weight is 448 g/mol. The SMILES string of the molecule is COc1cccc(-c2nc(CS(=O)(=O)CC(=O)CCc3ccc(Cl)cc3)c(C)o2)c1. The molecule has 0 unspecified atom stereocenters. The second-order valence-electron chi connectivity index (χ2n) is 6.95. The van der Waals surface area contributed by atoms with Crippen molar-refractivity contribution in [2.75, 3.05) is 12.9 Å². The molecular weight excluding hydrogens is 426 g/mol. The Morgan fingerprint density at radius 2 is 1.90 bits per heavy atom. The number of hydrogen-bond donors (Lipinski definition) is 0. The van der Waals surface area contributed by atoms with Gasteiger partial charge in [0.1, 0.15) is 23.0 Å². The molecule has 3 aromatic rings. The molecule has 0 N–H and O–H groups in total. The van der Waals surface area contributed by atoms with Crippen LogP contribution in [0.1, 0.15) is 23.4 Å². The molecule has 0 radical (unpaired) electrons. The number of ketones is 1. The number of nitrogens with zero attached hydrogens (tertiary/aromatic N) is 1. The number of Topliss-reactive ketones (excluding diaryl/α,β-unsaturated/α-hetero) is 1. The van der Waals surface area contributed by atoms with E-state index in [-0.39, 0.29) is 18.0 Å². The van der Waals surface area contributed by atoms with Gasteiger partial charge >= 0.3 is 0 Å². The Morgan fingerprint density at radius 1 is 1.17 bits per heavy atom. The summed E-state index contributed by atoms with van der Waals surface area (Å²) in [5, 5.41) is 0.615. The zero-order valence-corrected chi connectivity index (χ0v) is 18.3. The third-order valence-electron chi connectivity index (χ3n) is 4.55. The van der Waals surface area contributed by atoms with Gasteiger partial charge in [-0.3, -0.25) is 4.79 Å². The smallest absolute Gasteiger partial charge is 0.226 e. The van der Waals surface area contributed by atoms with Gasteiger partial charge in [0.25, 0.3) is 0 Å². The average Bonchev–Trinajstić information content (AvgIpc) is 3.07. The maximum Gasteiger partial charge on any atom is 0.226 e. The largest absolute Gasteiger partial charge is 0.497 e. The second kappa shape index (κ2) is 9.45. The number of aromatic nitrogens is 1. The Morgan fingerprint density at radius 3 is 2.60 bits per heavy atom. The third kappa shape index (κ3) is 5.93. The number of aryl methyl sites for hydroxylation is 2. The summed E-state index contributed by atoms with van der Waals surface area (Å²) < 4.78 is 35.9. The minimum Gasteiger partial charge on any atom is -0.497 e. The summed E-state index contributed by atoms with van der Waals surface area (Å²) in [6.07, 6.45) is 0.613. The molecule has 0 bridgehead atoms. The van der Waals surface area contributed by atoms with E-state index in [4.69, 9.17) is 20.8 Å². The Balaban J connectivity index is 1.64. The summed E-state index contributed by atoms with van der Waals surface area (Å²) in [7, 11) is -2.11. The Hall–Kier alpha value is -2.64. The first-order valence-corrected chi connectivity index (χ1v) is 11.5. The molecule has 0 atom stereocenters. The molecule has 1 heterocycles. The Labute approximate surface area is 180 Å². The molecule has 0 aliphatic rings. The molecule has 6 nitrogen and oxygen atoms in total. The predicted molar refractivity (Wildman–Crippen MR) is 115 cm³/mol. The van der Waals surface area contributed by atoms with Gasteiger partial charge in [0.2, 0.25) is 5.89 Å². The van der Waals surface area contributed by atoms with E-state index in [2.05, 4.69) is 4.98 Å². The molecule has 158 valence electrons. The van der Waals surface area contributed by atoms with Crippen LogP contribution < -0.4 is 4.74 Å². The number of benzene rings is 2. The van der Waals surface area contributed by atoms with Crippen molar-refractivity contribution in [1.82, 2.24) is 4.98 Å². The lowest BCUT2D eigenvalue weighted by atomic mass is 10.1. The first-order chi connectivity index (χ1) is 14.3. The highest BCUT2D eigenvalue weighted by atomic mass is 35.5. The zero-order valence-electron chi connectivity index (χ0n) is 16.7. The first-order valence-electron chi connectivity index (χ1n) is 9.33. The molecule has 0 saturated carbocycles. The van der Waals surface area contributed by atoms with Gasteiger partial charge in [0.05, 0.1) is 18.6 Å². The van der Waals surface area contributed by atoms with Crippen molar-refractivity contribution in [2.24, 2.45) is 0 Å². The maximum absolute atomic E-state index is 12.5. The molecule has 1 aromatic heterocycles. The van der Waals surface area contributed by atoms with E-state index >= 15 is 0 Å². The van der Waals surface area contributed by atoms with Crippen LogP contribution in [0.5, 0.6) is 5.75 Å². The van der Waals surface area contributed by atoms with E-state index in [0.29, 0.717) is 40.1 Å². The minimum absolute atomic E-state index is 0.147. The molecule has 8 heteroatoms. The van der Waals surface area contributed by atoms with Gasteiger partial charge in [-0.2, -0.15) is 0 Å². The number of carbonyl (C=O) groups is 1. The molecule has 3 rings (SSSR count). The molecule has 0 fully saturated rings. The van der Waals surface area contributed by atoms with Crippen molar-refractivity contribution >= 4 is 27.2 Å². The number of carbonyl (C=O) groups excluding carboxylic acids is 1. The van der Waals surface area contributed by atoms with Crippen molar-refractivity contribution < 1.29 is 22.4 Å². The number of methoxy groups -OCH3 is 1. The molecule has 2 aromatic carbocycles.